The summed E-state index contributed by atoms with van der Waals surface area (Å²) < 4.78 is 38.6. The third-order valence-electron chi connectivity index (χ3n) is 4.58. The van der Waals surface area contributed by atoms with Gasteiger partial charge in [-0.3, -0.25) is 4.79 Å². The topological polar surface area (TPSA) is 52.2 Å². The zero-order valence-corrected chi connectivity index (χ0v) is 14.3. The highest BCUT2D eigenvalue weighted by molar-refractivity contribution is 5.77. The Labute approximate surface area is 153 Å². The second-order valence-electron chi connectivity index (χ2n) is 6.48. The van der Waals surface area contributed by atoms with Crippen molar-refractivity contribution in [3.05, 3.63) is 64.7 Å². The predicted octanol–water partition coefficient (Wildman–Crippen LogP) is 3.31. The van der Waals surface area contributed by atoms with E-state index in [2.05, 4.69) is 9.97 Å². The number of alkyl halides is 3. The first-order chi connectivity index (χ1) is 12.9. The largest absolute Gasteiger partial charge is 0.405 e. The molecule has 1 aliphatic rings. The number of anilines is 2. The van der Waals surface area contributed by atoms with Crippen LogP contribution in [0.2, 0.25) is 0 Å². The summed E-state index contributed by atoms with van der Waals surface area (Å²) in [6.07, 6.45) is -4.26. The SMILES string of the molecule is O=c1[nH]c(CN2CCN(CC(F)(F)F)c3ccccc32)nc2ccccc12. The molecule has 0 radical (unpaired) electrons. The van der Waals surface area contributed by atoms with E-state index in [4.69, 9.17) is 0 Å². The average Bonchev–Trinajstić information content (AvgIpc) is 2.63. The van der Waals surface area contributed by atoms with Gasteiger partial charge in [-0.15, -0.1) is 0 Å². The lowest BCUT2D eigenvalue weighted by Crippen LogP contribution is -2.45. The number of halogens is 3. The van der Waals surface area contributed by atoms with Crippen LogP contribution in [0.25, 0.3) is 10.9 Å². The molecule has 1 aromatic heterocycles. The minimum atomic E-state index is -4.26. The minimum absolute atomic E-state index is 0.223. The fourth-order valence-corrected chi connectivity index (χ4v) is 3.42. The van der Waals surface area contributed by atoms with Crippen LogP contribution >= 0.6 is 0 Å². The van der Waals surface area contributed by atoms with Crippen molar-refractivity contribution in [2.75, 3.05) is 29.4 Å². The molecule has 1 aliphatic heterocycles. The quantitative estimate of drug-likeness (QED) is 0.764. The molecule has 1 N–H and O–H groups in total. The molecule has 8 heteroatoms. The Balaban J connectivity index is 1.65. The Morgan fingerprint density at radius 3 is 2.33 bits per heavy atom. The van der Waals surface area contributed by atoms with Gasteiger partial charge < -0.3 is 14.8 Å². The Bertz CT molecular complexity index is 1030. The summed E-state index contributed by atoms with van der Waals surface area (Å²) in [4.78, 5) is 22.8. The molecular weight excluding hydrogens is 357 g/mol. The van der Waals surface area contributed by atoms with Gasteiger partial charge in [0.25, 0.3) is 5.56 Å². The Morgan fingerprint density at radius 2 is 1.59 bits per heavy atom. The predicted molar refractivity (Wildman–Crippen MR) is 98.1 cm³/mol. The summed E-state index contributed by atoms with van der Waals surface area (Å²) in [5.41, 5.74) is 1.60. The van der Waals surface area contributed by atoms with E-state index in [-0.39, 0.29) is 12.1 Å². The van der Waals surface area contributed by atoms with Crippen LogP contribution in [0.15, 0.2) is 53.3 Å². The number of hydrogen-bond acceptors (Lipinski definition) is 4. The van der Waals surface area contributed by atoms with Crippen molar-refractivity contribution in [3.8, 4) is 0 Å². The van der Waals surface area contributed by atoms with Crippen molar-refractivity contribution in [1.29, 1.82) is 0 Å². The monoisotopic (exact) mass is 374 g/mol. The zero-order chi connectivity index (χ0) is 19.0. The van der Waals surface area contributed by atoms with E-state index in [0.29, 0.717) is 41.2 Å². The summed E-state index contributed by atoms with van der Waals surface area (Å²) in [6, 6.07) is 14.0. The van der Waals surface area contributed by atoms with Gasteiger partial charge in [0.05, 0.1) is 28.8 Å². The molecule has 2 aromatic carbocycles. The number of nitrogens with one attached hydrogen (secondary N) is 1. The summed E-state index contributed by atoms with van der Waals surface area (Å²) in [7, 11) is 0. The maximum absolute atomic E-state index is 12.9. The van der Waals surface area contributed by atoms with Crippen molar-refractivity contribution in [2.24, 2.45) is 0 Å². The third kappa shape index (κ3) is 3.60. The van der Waals surface area contributed by atoms with Gasteiger partial charge in [0, 0.05) is 13.1 Å². The van der Waals surface area contributed by atoms with Crippen LogP contribution in [0.1, 0.15) is 5.82 Å². The molecule has 0 unspecified atom stereocenters. The van der Waals surface area contributed by atoms with Crippen molar-refractivity contribution in [1.82, 2.24) is 9.97 Å². The van der Waals surface area contributed by atoms with Crippen LogP contribution < -0.4 is 15.4 Å². The number of fused-ring (bicyclic) bond motifs is 2. The number of benzene rings is 2. The second-order valence-corrected chi connectivity index (χ2v) is 6.48. The molecule has 0 fully saturated rings. The van der Waals surface area contributed by atoms with Gasteiger partial charge in [0.15, 0.2) is 0 Å². The van der Waals surface area contributed by atoms with Gasteiger partial charge in [0.1, 0.15) is 12.4 Å². The first-order valence-corrected chi connectivity index (χ1v) is 8.54. The minimum Gasteiger partial charge on any atom is -0.361 e. The second kappa shape index (κ2) is 6.61. The standard InChI is InChI=1S/C19H17F3N4O/c20-19(21,22)12-26-10-9-25(15-7-3-4-8-16(15)26)11-17-23-14-6-2-1-5-13(14)18(27)24-17/h1-8H,9-12H2,(H,23,24,27). The van der Waals surface area contributed by atoms with E-state index in [1.807, 2.05) is 11.0 Å². The van der Waals surface area contributed by atoms with E-state index in [9.17, 15) is 18.0 Å². The smallest absolute Gasteiger partial charge is 0.361 e. The van der Waals surface area contributed by atoms with Crippen LogP contribution in [-0.4, -0.2) is 35.8 Å². The molecule has 0 saturated carbocycles. The van der Waals surface area contributed by atoms with Crippen molar-refractivity contribution < 1.29 is 13.2 Å². The summed E-state index contributed by atoms with van der Waals surface area (Å²) in [5.74, 6) is 0.484. The normalized spacial score (nSPS) is 14.5. The highest BCUT2D eigenvalue weighted by Crippen LogP contribution is 2.35. The molecule has 0 atom stereocenters. The maximum atomic E-state index is 12.9. The fourth-order valence-electron chi connectivity index (χ4n) is 3.42. The van der Waals surface area contributed by atoms with E-state index < -0.39 is 12.7 Å². The summed E-state index contributed by atoms with van der Waals surface area (Å²) >= 11 is 0. The lowest BCUT2D eigenvalue weighted by Gasteiger charge is -2.38. The van der Waals surface area contributed by atoms with Gasteiger partial charge in [-0.25, -0.2) is 4.98 Å². The Kier molecular flexibility index (Phi) is 4.25. The third-order valence-corrected chi connectivity index (χ3v) is 4.58. The number of aromatic nitrogens is 2. The van der Waals surface area contributed by atoms with E-state index in [1.54, 1.807) is 42.5 Å². The van der Waals surface area contributed by atoms with Gasteiger partial charge in [-0.2, -0.15) is 13.2 Å². The lowest BCUT2D eigenvalue weighted by atomic mass is 10.1. The van der Waals surface area contributed by atoms with Gasteiger partial charge in [0.2, 0.25) is 0 Å². The zero-order valence-electron chi connectivity index (χ0n) is 14.3. The number of nitrogens with zero attached hydrogens (tertiary/aromatic N) is 3. The van der Waals surface area contributed by atoms with E-state index in [0.717, 1.165) is 0 Å². The Morgan fingerprint density at radius 1 is 0.963 bits per heavy atom. The van der Waals surface area contributed by atoms with Crippen LogP contribution in [0, 0.1) is 0 Å². The number of para-hydroxylation sites is 3. The molecular formula is C19H17F3N4O. The molecule has 0 bridgehead atoms. The van der Waals surface area contributed by atoms with Crippen molar-refractivity contribution in [2.45, 2.75) is 12.7 Å². The fraction of sp³-hybridized carbons (Fsp3) is 0.263. The van der Waals surface area contributed by atoms with Crippen LogP contribution in [0.3, 0.4) is 0 Å². The Hall–Kier alpha value is -3.03. The highest BCUT2D eigenvalue weighted by atomic mass is 19.4. The molecule has 4 rings (SSSR count). The number of hydrogen-bond donors (Lipinski definition) is 1. The van der Waals surface area contributed by atoms with E-state index >= 15 is 0 Å². The average molecular weight is 374 g/mol. The summed E-state index contributed by atoms with van der Waals surface area (Å²) in [6.45, 7) is -0.0160. The van der Waals surface area contributed by atoms with Gasteiger partial charge in [-0.05, 0) is 24.3 Å². The summed E-state index contributed by atoms with van der Waals surface area (Å²) in [5, 5.41) is 0.511. The lowest BCUT2D eigenvalue weighted by molar-refractivity contribution is -0.119. The first-order valence-electron chi connectivity index (χ1n) is 8.54. The molecule has 0 amide bonds. The van der Waals surface area contributed by atoms with Gasteiger partial charge in [-0.1, -0.05) is 24.3 Å². The number of aromatic amines is 1. The molecule has 140 valence electrons. The molecule has 0 spiro atoms. The number of H-pyrrole nitrogens is 1. The molecule has 3 aromatic rings. The molecule has 2 heterocycles. The molecule has 5 nitrogen and oxygen atoms in total. The van der Waals surface area contributed by atoms with Crippen LogP contribution in [0.5, 0.6) is 0 Å². The maximum Gasteiger partial charge on any atom is 0.405 e. The molecule has 0 saturated heterocycles. The van der Waals surface area contributed by atoms with E-state index in [1.165, 1.54) is 4.90 Å². The van der Waals surface area contributed by atoms with Gasteiger partial charge >= 0.3 is 6.18 Å². The number of rotatable bonds is 3. The molecule has 0 aliphatic carbocycles. The molecule has 27 heavy (non-hydrogen) atoms. The van der Waals surface area contributed by atoms with Crippen molar-refractivity contribution >= 4 is 22.3 Å². The van der Waals surface area contributed by atoms with Crippen LogP contribution in [0.4, 0.5) is 24.5 Å². The van der Waals surface area contributed by atoms with Crippen LogP contribution in [-0.2, 0) is 6.54 Å². The van der Waals surface area contributed by atoms with Crippen molar-refractivity contribution in [3.63, 3.8) is 0 Å². The highest BCUT2D eigenvalue weighted by Gasteiger charge is 2.34. The first kappa shape index (κ1) is 17.4.